The molecule has 5 nitrogen and oxygen atoms in total. The molecule has 22 heavy (non-hydrogen) atoms. The fraction of sp³-hybridized carbons (Fsp3) is 0.400. The molecule has 3 N–H and O–H groups in total. The normalized spacial score (nSPS) is 17.6. The molecule has 0 aliphatic carbocycles. The van der Waals surface area contributed by atoms with Crippen molar-refractivity contribution in [1.29, 1.82) is 0 Å². The molecule has 1 amide bonds. The van der Waals surface area contributed by atoms with Crippen molar-refractivity contribution in [1.82, 2.24) is 9.88 Å². The molecule has 2 heterocycles. The van der Waals surface area contributed by atoms with Crippen molar-refractivity contribution in [2.24, 2.45) is 5.41 Å². The predicted octanol–water partition coefficient (Wildman–Crippen LogP) is 2.40. The number of hydrogen-bond acceptors (Lipinski definition) is 3. The van der Waals surface area contributed by atoms with Crippen molar-refractivity contribution in [2.75, 3.05) is 25.0 Å². The second kappa shape index (κ2) is 5.24. The number of H-pyrrole nitrogens is 1. The minimum absolute atomic E-state index is 0.112. The number of phenolic OH excluding ortho intramolecular Hbond substituents is 1. The molecule has 0 spiro atoms. The Bertz CT molecular complexity index is 708. The largest absolute Gasteiger partial charge is 0.508 e. The van der Waals surface area contributed by atoms with Crippen LogP contribution in [0.3, 0.4) is 0 Å². The minimum Gasteiger partial charge on any atom is -0.508 e. The number of carbonyl (C=O) groups excluding carboxylic acids is 1. The molecular weight excluding hydrogens is 292 g/mol. The van der Waals surface area contributed by atoms with Gasteiger partial charge in [0.05, 0.1) is 17.6 Å². The van der Waals surface area contributed by atoms with Crippen molar-refractivity contribution < 1.29 is 18.7 Å². The Hall–Kier alpha value is -2.15. The lowest BCUT2D eigenvalue weighted by molar-refractivity contribution is -0.135. The summed E-state index contributed by atoms with van der Waals surface area (Å²) in [6.07, 6.45) is -0.731. The van der Waals surface area contributed by atoms with Crippen LogP contribution >= 0.6 is 0 Å². The number of benzene rings is 1. The van der Waals surface area contributed by atoms with Crippen molar-refractivity contribution in [2.45, 2.75) is 13.3 Å². The SMILES string of the molecule is CC1(C(=O)Nc2c[nH]c3ccc(O)cc23)CN(CC(F)F)C1. The lowest BCUT2D eigenvalue weighted by Crippen LogP contribution is -2.61. The Kier molecular flexibility index (Phi) is 3.52. The van der Waals surface area contributed by atoms with E-state index in [1.807, 2.05) is 0 Å². The van der Waals surface area contributed by atoms with E-state index in [-0.39, 0.29) is 18.2 Å². The van der Waals surface area contributed by atoms with Crippen LogP contribution in [-0.4, -0.2) is 47.0 Å². The first-order valence-corrected chi connectivity index (χ1v) is 6.99. The molecule has 0 radical (unpaired) electrons. The number of nitrogens with one attached hydrogen (secondary N) is 2. The van der Waals surface area contributed by atoms with E-state index < -0.39 is 11.8 Å². The van der Waals surface area contributed by atoms with Crippen LogP contribution in [0, 0.1) is 5.41 Å². The highest BCUT2D eigenvalue weighted by Crippen LogP contribution is 2.33. The van der Waals surface area contributed by atoms with Gasteiger partial charge in [-0.1, -0.05) is 0 Å². The van der Waals surface area contributed by atoms with Crippen LogP contribution in [0.4, 0.5) is 14.5 Å². The smallest absolute Gasteiger partial charge is 0.251 e. The van der Waals surface area contributed by atoms with Gasteiger partial charge >= 0.3 is 0 Å². The average molecular weight is 309 g/mol. The summed E-state index contributed by atoms with van der Waals surface area (Å²) in [4.78, 5) is 16.9. The molecule has 7 heteroatoms. The highest BCUT2D eigenvalue weighted by Gasteiger charge is 2.45. The number of carbonyl (C=O) groups is 1. The third-order valence-corrected chi connectivity index (χ3v) is 4.00. The Morgan fingerprint density at radius 1 is 1.50 bits per heavy atom. The third kappa shape index (κ3) is 2.64. The van der Waals surface area contributed by atoms with Gasteiger partial charge in [-0.15, -0.1) is 0 Å². The maximum absolute atomic E-state index is 12.4. The summed E-state index contributed by atoms with van der Waals surface area (Å²) in [5.41, 5.74) is 0.700. The van der Waals surface area contributed by atoms with Crippen molar-refractivity contribution in [3.8, 4) is 5.75 Å². The standard InChI is InChI=1S/C15H17F2N3O2/c1-15(7-20(8-15)6-13(16)17)14(22)19-12-5-18-11-3-2-9(21)4-10(11)12/h2-5,13,18,21H,6-8H2,1H3,(H,19,22). The highest BCUT2D eigenvalue weighted by molar-refractivity contribution is 6.04. The quantitative estimate of drug-likeness (QED) is 0.812. The van der Waals surface area contributed by atoms with E-state index in [0.29, 0.717) is 24.2 Å². The molecule has 0 saturated carbocycles. The number of fused-ring (bicyclic) bond motifs is 1. The first-order chi connectivity index (χ1) is 10.4. The summed E-state index contributed by atoms with van der Waals surface area (Å²) in [7, 11) is 0. The summed E-state index contributed by atoms with van der Waals surface area (Å²) in [5, 5.41) is 13.1. The molecule has 0 bridgehead atoms. The molecule has 1 fully saturated rings. The van der Waals surface area contributed by atoms with E-state index >= 15 is 0 Å². The lowest BCUT2D eigenvalue weighted by Gasteiger charge is -2.46. The number of halogens is 2. The van der Waals surface area contributed by atoms with Gasteiger partial charge < -0.3 is 15.4 Å². The third-order valence-electron chi connectivity index (χ3n) is 4.00. The van der Waals surface area contributed by atoms with E-state index in [9.17, 15) is 18.7 Å². The van der Waals surface area contributed by atoms with Gasteiger partial charge in [0.25, 0.3) is 6.43 Å². The monoisotopic (exact) mass is 309 g/mol. The van der Waals surface area contributed by atoms with Crippen LogP contribution in [0.1, 0.15) is 6.92 Å². The van der Waals surface area contributed by atoms with E-state index in [0.717, 1.165) is 5.52 Å². The molecule has 3 rings (SSSR count). The van der Waals surface area contributed by atoms with Crippen LogP contribution in [-0.2, 0) is 4.79 Å². The van der Waals surface area contributed by atoms with Gasteiger partial charge in [0.15, 0.2) is 0 Å². The molecule has 118 valence electrons. The number of hydrogen-bond donors (Lipinski definition) is 3. The fourth-order valence-electron chi connectivity index (χ4n) is 2.89. The zero-order chi connectivity index (χ0) is 15.9. The summed E-state index contributed by atoms with van der Waals surface area (Å²) in [6, 6.07) is 4.84. The second-order valence-electron chi connectivity index (χ2n) is 6.01. The number of amides is 1. The van der Waals surface area contributed by atoms with Gasteiger partial charge in [0.1, 0.15) is 5.75 Å². The zero-order valence-electron chi connectivity index (χ0n) is 12.1. The molecule has 2 aromatic rings. The number of aromatic hydroxyl groups is 1. The molecule has 1 aromatic heterocycles. The second-order valence-corrected chi connectivity index (χ2v) is 6.01. The van der Waals surface area contributed by atoms with Crippen LogP contribution in [0.5, 0.6) is 5.75 Å². The Morgan fingerprint density at radius 3 is 2.91 bits per heavy atom. The number of rotatable bonds is 4. The average Bonchev–Trinajstić information content (AvgIpc) is 2.78. The summed E-state index contributed by atoms with van der Waals surface area (Å²) in [6.45, 7) is 2.09. The van der Waals surface area contributed by atoms with Gasteiger partial charge in [0.2, 0.25) is 5.91 Å². The van der Waals surface area contributed by atoms with Crippen LogP contribution in [0.25, 0.3) is 10.9 Å². The first kappa shape index (κ1) is 14.8. The lowest BCUT2D eigenvalue weighted by atomic mass is 9.81. The van der Waals surface area contributed by atoms with E-state index in [4.69, 9.17) is 0 Å². The number of phenols is 1. The van der Waals surface area contributed by atoms with Gasteiger partial charge in [-0.3, -0.25) is 9.69 Å². The van der Waals surface area contributed by atoms with Crippen LogP contribution < -0.4 is 5.32 Å². The Morgan fingerprint density at radius 2 is 2.23 bits per heavy atom. The van der Waals surface area contributed by atoms with Gasteiger partial charge in [-0.05, 0) is 25.1 Å². The number of alkyl halides is 2. The maximum atomic E-state index is 12.4. The maximum Gasteiger partial charge on any atom is 0.251 e. The molecule has 1 saturated heterocycles. The van der Waals surface area contributed by atoms with E-state index in [1.165, 1.54) is 0 Å². The molecular formula is C15H17F2N3O2. The highest BCUT2D eigenvalue weighted by atomic mass is 19.3. The first-order valence-electron chi connectivity index (χ1n) is 6.99. The molecule has 0 unspecified atom stereocenters. The number of nitrogens with zero attached hydrogens (tertiary/aromatic N) is 1. The summed E-state index contributed by atoms with van der Waals surface area (Å²) < 4.78 is 24.6. The fourth-order valence-corrected chi connectivity index (χ4v) is 2.89. The van der Waals surface area contributed by atoms with E-state index in [1.54, 1.807) is 36.2 Å². The van der Waals surface area contributed by atoms with Gasteiger partial charge in [-0.2, -0.15) is 0 Å². The Labute approximate surface area is 125 Å². The van der Waals surface area contributed by atoms with Crippen molar-refractivity contribution in [3.63, 3.8) is 0 Å². The van der Waals surface area contributed by atoms with Crippen molar-refractivity contribution in [3.05, 3.63) is 24.4 Å². The molecule has 1 aliphatic rings. The minimum atomic E-state index is -2.38. The molecule has 0 atom stereocenters. The number of anilines is 1. The zero-order valence-corrected chi connectivity index (χ0v) is 12.1. The van der Waals surface area contributed by atoms with Gasteiger partial charge in [-0.25, -0.2) is 8.78 Å². The van der Waals surface area contributed by atoms with Crippen LogP contribution in [0.2, 0.25) is 0 Å². The summed E-state index contributed by atoms with van der Waals surface area (Å²) >= 11 is 0. The Balaban J connectivity index is 1.70. The number of likely N-dealkylation sites (tertiary alicyclic amines) is 1. The topological polar surface area (TPSA) is 68.4 Å². The molecule has 1 aromatic carbocycles. The number of aromatic amines is 1. The molecule has 1 aliphatic heterocycles. The summed E-state index contributed by atoms with van der Waals surface area (Å²) in [5.74, 6) is -0.0946. The van der Waals surface area contributed by atoms with Crippen LogP contribution in [0.15, 0.2) is 24.4 Å². The number of aromatic nitrogens is 1. The van der Waals surface area contributed by atoms with Crippen molar-refractivity contribution >= 4 is 22.5 Å². The van der Waals surface area contributed by atoms with E-state index in [2.05, 4.69) is 10.3 Å². The predicted molar refractivity (Wildman–Crippen MR) is 79.1 cm³/mol. The van der Waals surface area contributed by atoms with Gasteiger partial charge in [0, 0.05) is 30.2 Å².